The van der Waals surface area contributed by atoms with Gasteiger partial charge in [0.25, 0.3) is 0 Å². The Morgan fingerprint density at radius 3 is 2.07 bits per heavy atom. The zero-order chi connectivity index (χ0) is 33.3. The van der Waals surface area contributed by atoms with E-state index in [4.69, 9.17) is 9.47 Å². The van der Waals surface area contributed by atoms with E-state index in [1.54, 1.807) is 77.7 Å². The first-order chi connectivity index (χ1) is 20.7. The lowest BCUT2D eigenvalue weighted by Gasteiger charge is -2.20. The molecule has 0 bridgehead atoms. The number of ketones is 1. The number of hydrogen-bond donors (Lipinski definition) is 1. The van der Waals surface area contributed by atoms with E-state index in [0.29, 0.717) is 18.0 Å². The van der Waals surface area contributed by atoms with Crippen LogP contribution in [-0.2, 0) is 14.3 Å². The summed E-state index contributed by atoms with van der Waals surface area (Å²) in [6.07, 6.45) is 3.15. The molecule has 2 aromatic carbocycles. The molecule has 0 aliphatic carbocycles. The number of nitrogens with zero attached hydrogens (tertiary/aromatic N) is 2. The standard InChI is InChI=1S/C16H17FINO4.C14H14F2INO3/c1-3-9(8-20)19-7-11(16(22)23-4-2)15(21)10-5-13(18)12(17)6-14(10)19;1-4-21-14(20)9(7-18(2)3)13(19)8-5-12(17)11(16)6-10(8)15/h5-7,9,20H,3-4,8H2,1-2H3;5-7H,4H2,1-3H3/t9-;/m0./s1. The van der Waals surface area contributed by atoms with Crippen LogP contribution in [0.15, 0.2) is 47.0 Å². The molecule has 1 aromatic heterocycles. The summed E-state index contributed by atoms with van der Waals surface area (Å²) in [7, 11) is 3.22. The summed E-state index contributed by atoms with van der Waals surface area (Å²) >= 11 is 3.44. The van der Waals surface area contributed by atoms with Crippen LogP contribution in [0.5, 0.6) is 0 Å². The molecule has 44 heavy (non-hydrogen) atoms. The lowest BCUT2D eigenvalue weighted by Crippen LogP contribution is -2.24. The molecule has 0 fully saturated rings. The summed E-state index contributed by atoms with van der Waals surface area (Å²) in [5.74, 6) is -4.67. The molecule has 14 heteroatoms. The van der Waals surface area contributed by atoms with Crippen LogP contribution in [0, 0.1) is 24.6 Å². The van der Waals surface area contributed by atoms with Gasteiger partial charge in [-0.3, -0.25) is 9.59 Å². The van der Waals surface area contributed by atoms with Gasteiger partial charge in [-0.1, -0.05) is 6.92 Å². The minimum Gasteiger partial charge on any atom is -0.462 e. The van der Waals surface area contributed by atoms with Crippen LogP contribution in [0.3, 0.4) is 0 Å². The van der Waals surface area contributed by atoms with Gasteiger partial charge in [0.15, 0.2) is 0 Å². The molecule has 0 saturated heterocycles. The topological polar surface area (TPSA) is 115 Å². The van der Waals surface area contributed by atoms with Gasteiger partial charge >= 0.3 is 11.9 Å². The Labute approximate surface area is 279 Å². The van der Waals surface area contributed by atoms with Gasteiger partial charge < -0.3 is 24.0 Å². The van der Waals surface area contributed by atoms with Gasteiger partial charge in [0.1, 0.15) is 28.6 Å². The lowest BCUT2D eigenvalue weighted by atomic mass is 10.0. The number of halogens is 5. The van der Waals surface area contributed by atoms with Crippen molar-refractivity contribution in [2.45, 2.75) is 33.2 Å². The number of benzene rings is 2. The van der Waals surface area contributed by atoms with Crippen molar-refractivity contribution in [3.05, 3.63) is 88.2 Å². The summed E-state index contributed by atoms with van der Waals surface area (Å²) < 4.78 is 52.6. The number of aliphatic hydroxyl groups excluding tert-OH is 1. The van der Waals surface area contributed by atoms with Crippen LogP contribution in [0.4, 0.5) is 13.2 Å². The van der Waals surface area contributed by atoms with Gasteiger partial charge in [0, 0.05) is 45.1 Å². The molecule has 9 nitrogen and oxygen atoms in total. The second-order valence-corrected chi connectivity index (χ2v) is 11.7. The van der Waals surface area contributed by atoms with E-state index in [-0.39, 0.29) is 55.1 Å². The number of pyridine rings is 1. The molecule has 0 aliphatic heterocycles. The SMILES string of the molecule is CCOC(=O)C(=CN(C)C)C(=O)c1cc(I)c(F)cc1F.CCOC(=O)c1cn([C@@H](CC)CO)c2cc(F)c(I)cc2c1=O. The monoisotopic (exact) mass is 842 g/mol. The van der Waals surface area contributed by atoms with Crippen molar-refractivity contribution in [3.8, 4) is 0 Å². The van der Waals surface area contributed by atoms with Crippen molar-refractivity contribution in [1.29, 1.82) is 0 Å². The molecule has 0 saturated carbocycles. The van der Waals surface area contributed by atoms with Crippen molar-refractivity contribution >= 4 is 73.8 Å². The Morgan fingerprint density at radius 1 is 0.932 bits per heavy atom. The largest absolute Gasteiger partial charge is 0.462 e. The van der Waals surface area contributed by atoms with Crippen molar-refractivity contribution in [2.24, 2.45) is 0 Å². The summed E-state index contributed by atoms with van der Waals surface area (Å²) in [4.78, 5) is 50.2. The summed E-state index contributed by atoms with van der Waals surface area (Å²) in [5.41, 5.74) is -0.957. The number of rotatable bonds is 10. The Kier molecular flexibility index (Phi) is 14.3. The predicted octanol–water partition coefficient (Wildman–Crippen LogP) is 5.63. The fraction of sp³-hybridized carbons (Fsp3) is 0.333. The Hall–Kier alpha value is -2.99. The molecular weight excluding hydrogens is 811 g/mol. The van der Waals surface area contributed by atoms with E-state index < -0.39 is 40.6 Å². The van der Waals surface area contributed by atoms with E-state index in [9.17, 15) is 37.5 Å². The number of fused-ring (bicyclic) bond motifs is 1. The van der Waals surface area contributed by atoms with Gasteiger partial charge in [-0.05, 0) is 83.6 Å². The van der Waals surface area contributed by atoms with Crippen molar-refractivity contribution in [2.75, 3.05) is 33.9 Å². The maximum Gasteiger partial charge on any atom is 0.343 e. The van der Waals surface area contributed by atoms with Crippen molar-refractivity contribution < 1.29 is 42.1 Å². The number of aromatic nitrogens is 1. The van der Waals surface area contributed by atoms with Crippen LogP contribution >= 0.6 is 45.2 Å². The van der Waals surface area contributed by atoms with E-state index >= 15 is 0 Å². The third kappa shape index (κ3) is 9.03. The van der Waals surface area contributed by atoms with E-state index in [1.165, 1.54) is 29.4 Å². The highest BCUT2D eigenvalue weighted by molar-refractivity contribution is 14.1. The zero-order valence-corrected chi connectivity index (χ0v) is 28.9. The highest BCUT2D eigenvalue weighted by Gasteiger charge is 2.25. The normalized spacial score (nSPS) is 11.8. The zero-order valence-electron chi connectivity index (χ0n) is 24.6. The van der Waals surface area contributed by atoms with Gasteiger partial charge in [-0.25, -0.2) is 22.8 Å². The first-order valence-corrected chi connectivity index (χ1v) is 15.4. The quantitative estimate of drug-likeness (QED) is 0.0532. The Bertz CT molecular complexity index is 1640. The van der Waals surface area contributed by atoms with Gasteiger partial charge in [0.05, 0.1) is 36.9 Å². The van der Waals surface area contributed by atoms with Crippen LogP contribution in [0.2, 0.25) is 0 Å². The molecule has 1 N–H and O–H groups in total. The van der Waals surface area contributed by atoms with Crippen LogP contribution < -0.4 is 5.43 Å². The smallest absolute Gasteiger partial charge is 0.343 e. The minimum atomic E-state index is -1.02. The minimum absolute atomic E-state index is 0.0836. The molecule has 0 spiro atoms. The number of Topliss-reactive ketones (excluding diaryl/α,β-unsaturated/α-hetero) is 1. The molecule has 0 unspecified atom stereocenters. The highest BCUT2D eigenvalue weighted by atomic mass is 127. The number of ether oxygens (including phenoxy) is 2. The Balaban J connectivity index is 0.000000308. The van der Waals surface area contributed by atoms with E-state index in [0.717, 1.165) is 6.07 Å². The average molecular weight is 842 g/mol. The average Bonchev–Trinajstić information content (AvgIpc) is 2.96. The molecule has 3 aromatic rings. The number of aliphatic hydroxyl groups is 1. The summed E-state index contributed by atoms with van der Waals surface area (Å²) in [6.45, 7) is 5.15. The van der Waals surface area contributed by atoms with E-state index in [2.05, 4.69) is 0 Å². The molecule has 1 heterocycles. The van der Waals surface area contributed by atoms with Crippen LogP contribution in [0.1, 0.15) is 53.9 Å². The van der Waals surface area contributed by atoms with Crippen molar-refractivity contribution in [1.82, 2.24) is 9.47 Å². The number of hydrogen-bond acceptors (Lipinski definition) is 8. The second-order valence-electron chi connectivity index (χ2n) is 9.33. The highest BCUT2D eigenvalue weighted by Crippen LogP contribution is 2.24. The molecule has 0 radical (unpaired) electrons. The summed E-state index contributed by atoms with van der Waals surface area (Å²) in [5, 5.41) is 9.78. The number of esters is 2. The fourth-order valence-corrected chi connectivity index (χ4v) is 4.86. The molecule has 3 rings (SSSR count). The number of carbonyl (C=O) groups excluding carboxylic acids is 3. The molecule has 0 aliphatic rings. The Morgan fingerprint density at radius 2 is 1.52 bits per heavy atom. The lowest BCUT2D eigenvalue weighted by molar-refractivity contribution is -0.138. The maximum absolute atomic E-state index is 13.9. The molecule has 1 atom stereocenters. The maximum atomic E-state index is 13.9. The fourth-order valence-electron chi connectivity index (χ4n) is 3.93. The van der Waals surface area contributed by atoms with Gasteiger partial charge in [-0.15, -0.1) is 0 Å². The molecule has 238 valence electrons. The third-order valence-corrected chi connectivity index (χ3v) is 7.68. The molecule has 0 amide bonds. The first kappa shape index (κ1) is 37.2. The van der Waals surface area contributed by atoms with Crippen molar-refractivity contribution in [3.63, 3.8) is 0 Å². The van der Waals surface area contributed by atoms with Crippen LogP contribution in [0.25, 0.3) is 10.9 Å². The summed E-state index contributed by atoms with van der Waals surface area (Å²) in [6, 6.07) is 3.98. The van der Waals surface area contributed by atoms with Gasteiger partial charge in [-0.2, -0.15) is 0 Å². The second kappa shape index (κ2) is 16.9. The van der Waals surface area contributed by atoms with E-state index in [1.807, 2.05) is 6.92 Å². The van der Waals surface area contributed by atoms with Crippen LogP contribution in [-0.4, -0.2) is 66.2 Å². The predicted molar refractivity (Wildman–Crippen MR) is 175 cm³/mol. The van der Waals surface area contributed by atoms with Gasteiger partial charge in [0.2, 0.25) is 11.2 Å². The number of carbonyl (C=O) groups is 3. The molecular formula is C30H31F3I2N2O7. The third-order valence-electron chi connectivity index (χ3n) is 6.03. The first-order valence-electron chi connectivity index (χ1n) is 13.3.